The SMILES string of the molecule is COC(=O)[C@@]12COC[C@@H]1CN(S(=O)(=O)c1ccc(OC)c(F)c1)C2. The zero-order valence-corrected chi connectivity index (χ0v) is 14.1. The largest absolute Gasteiger partial charge is 0.494 e. The molecule has 2 atom stereocenters. The highest BCUT2D eigenvalue weighted by Gasteiger charge is 2.59. The zero-order valence-electron chi connectivity index (χ0n) is 13.3. The lowest BCUT2D eigenvalue weighted by molar-refractivity contribution is -0.153. The number of halogens is 1. The van der Waals surface area contributed by atoms with Gasteiger partial charge >= 0.3 is 5.97 Å². The van der Waals surface area contributed by atoms with Crippen LogP contribution in [0.1, 0.15) is 0 Å². The molecule has 0 bridgehead atoms. The lowest BCUT2D eigenvalue weighted by Crippen LogP contribution is -2.41. The number of sulfonamides is 1. The second kappa shape index (κ2) is 5.98. The number of carbonyl (C=O) groups is 1. The van der Waals surface area contributed by atoms with Crippen LogP contribution in [0.25, 0.3) is 0 Å². The van der Waals surface area contributed by atoms with Crippen LogP contribution in [-0.2, 0) is 24.3 Å². The Morgan fingerprint density at radius 2 is 2.17 bits per heavy atom. The minimum Gasteiger partial charge on any atom is -0.494 e. The molecule has 0 unspecified atom stereocenters. The average molecular weight is 359 g/mol. The van der Waals surface area contributed by atoms with Gasteiger partial charge in [-0.25, -0.2) is 12.8 Å². The number of methoxy groups -OCH3 is 2. The first-order valence-corrected chi connectivity index (χ1v) is 8.79. The Morgan fingerprint density at radius 3 is 2.79 bits per heavy atom. The van der Waals surface area contributed by atoms with Gasteiger partial charge in [-0.05, 0) is 18.2 Å². The van der Waals surface area contributed by atoms with Gasteiger partial charge in [-0.2, -0.15) is 4.31 Å². The highest BCUT2D eigenvalue weighted by Crippen LogP contribution is 2.44. The van der Waals surface area contributed by atoms with Crippen molar-refractivity contribution >= 4 is 16.0 Å². The Kier molecular flexibility index (Phi) is 4.27. The average Bonchev–Trinajstić information content (AvgIpc) is 3.12. The molecule has 2 aliphatic rings. The fourth-order valence-corrected chi connectivity index (χ4v) is 4.89. The molecule has 3 rings (SSSR count). The van der Waals surface area contributed by atoms with E-state index in [1.807, 2.05) is 0 Å². The fourth-order valence-electron chi connectivity index (χ4n) is 3.32. The summed E-state index contributed by atoms with van der Waals surface area (Å²) in [6, 6.07) is 3.47. The predicted octanol–water partition coefficient (Wildman–Crippen LogP) is 0.644. The van der Waals surface area contributed by atoms with Gasteiger partial charge < -0.3 is 14.2 Å². The third kappa shape index (κ3) is 2.47. The summed E-state index contributed by atoms with van der Waals surface area (Å²) in [6.07, 6.45) is 0. The maximum absolute atomic E-state index is 13.9. The van der Waals surface area contributed by atoms with Crippen LogP contribution in [0.3, 0.4) is 0 Å². The molecular weight excluding hydrogens is 341 g/mol. The van der Waals surface area contributed by atoms with E-state index < -0.39 is 27.2 Å². The van der Waals surface area contributed by atoms with Crippen molar-refractivity contribution < 1.29 is 31.8 Å². The molecule has 0 amide bonds. The molecule has 7 nitrogen and oxygen atoms in total. The normalized spacial score (nSPS) is 27.0. The summed E-state index contributed by atoms with van der Waals surface area (Å²) in [5.74, 6) is -1.55. The zero-order chi connectivity index (χ0) is 17.5. The highest BCUT2D eigenvalue weighted by molar-refractivity contribution is 7.89. The van der Waals surface area contributed by atoms with Gasteiger partial charge in [0.05, 0.1) is 32.3 Å². The molecule has 132 valence electrons. The Balaban J connectivity index is 1.92. The van der Waals surface area contributed by atoms with Crippen molar-refractivity contribution in [1.82, 2.24) is 4.31 Å². The van der Waals surface area contributed by atoms with Gasteiger partial charge in [-0.3, -0.25) is 4.79 Å². The summed E-state index contributed by atoms with van der Waals surface area (Å²) in [5.41, 5.74) is -0.993. The summed E-state index contributed by atoms with van der Waals surface area (Å²) in [5, 5.41) is 0. The van der Waals surface area contributed by atoms with E-state index in [9.17, 15) is 17.6 Å². The maximum atomic E-state index is 13.9. The summed E-state index contributed by atoms with van der Waals surface area (Å²) in [6.45, 7) is 0.497. The number of rotatable bonds is 4. The number of ether oxygens (including phenoxy) is 3. The Labute approximate surface area is 139 Å². The van der Waals surface area contributed by atoms with E-state index in [2.05, 4.69) is 0 Å². The highest BCUT2D eigenvalue weighted by atomic mass is 32.2. The van der Waals surface area contributed by atoms with Gasteiger partial charge in [0.2, 0.25) is 10.0 Å². The van der Waals surface area contributed by atoms with Crippen LogP contribution >= 0.6 is 0 Å². The molecule has 2 saturated heterocycles. The Bertz CT molecular complexity index is 767. The monoisotopic (exact) mass is 359 g/mol. The van der Waals surface area contributed by atoms with E-state index in [0.29, 0.717) is 0 Å². The van der Waals surface area contributed by atoms with Gasteiger partial charge in [-0.15, -0.1) is 0 Å². The van der Waals surface area contributed by atoms with Crippen LogP contribution < -0.4 is 4.74 Å². The van der Waals surface area contributed by atoms with Crippen molar-refractivity contribution in [2.45, 2.75) is 4.90 Å². The molecule has 24 heavy (non-hydrogen) atoms. The van der Waals surface area contributed by atoms with Crippen LogP contribution in [0.4, 0.5) is 4.39 Å². The Morgan fingerprint density at radius 1 is 1.42 bits per heavy atom. The Hall–Kier alpha value is -1.71. The van der Waals surface area contributed by atoms with Gasteiger partial charge in [0.15, 0.2) is 11.6 Å². The first-order chi connectivity index (χ1) is 11.3. The van der Waals surface area contributed by atoms with Crippen LogP contribution in [0.15, 0.2) is 23.1 Å². The standard InChI is InChI=1S/C15H18FNO6S/c1-21-13-4-3-11(5-12(13)16)24(19,20)17-6-10-7-23-9-15(10,8-17)14(18)22-2/h3-5,10H,6-9H2,1-2H3/t10-,15-/m0/s1. The van der Waals surface area contributed by atoms with Crippen LogP contribution in [0, 0.1) is 17.2 Å². The van der Waals surface area contributed by atoms with Gasteiger partial charge in [-0.1, -0.05) is 0 Å². The first kappa shape index (κ1) is 17.1. The van der Waals surface area contributed by atoms with Crippen LogP contribution in [0.5, 0.6) is 5.75 Å². The number of nitrogens with zero attached hydrogens (tertiary/aromatic N) is 1. The second-order valence-electron chi connectivity index (χ2n) is 5.95. The molecule has 0 radical (unpaired) electrons. The second-order valence-corrected chi connectivity index (χ2v) is 7.89. The topological polar surface area (TPSA) is 82.1 Å². The number of benzene rings is 1. The third-order valence-corrected chi connectivity index (χ3v) is 6.50. The predicted molar refractivity (Wildman–Crippen MR) is 80.5 cm³/mol. The van der Waals surface area contributed by atoms with Gasteiger partial charge in [0.25, 0.3) is 0 Å². The third-order valence-electron chi connectivity index (χ3n) is 4.70. The molecule has 0 saturated carbocycles. The molecule has 2 heterocycles. The molecule has 0 N–H and O–H groups in total. The van der Waals surface area contributed by atoms with Crippen molar-refractivity contribution in [3.05, 3.63) is 24.0 Å². The van der Waals surface area contributed by atoms with E-state index in [1.165, 1.54) is 30.7 Å². The van der Waals surface area contributed by atoms with Crippen molar-refractivity contribution in [3.63, 3.8) is 0 Å². The quantitative estimate of drug-likeness (QED) is 0.734. The van der Waals surface area contributed by atoms with Crippen LogP contribution in [0.2, 0.25) is 0 Å². The van der Waals surface area contributed by atoms with E-state index in [4.69, 9.17) is 14.2 Å². The molecular formula is C15H18FNO6S. The fraction of sp³-hybridized carbons (Fsp3) is 0.533. The maximum Gasteiger partial charge on any atom is 0.315 e. The number of esters is 1. The van der Waals surface area contributed by atoms with Gasteiger partial charge in [0, 0.05) is 19.0 Å². The molecule has 0 spiro atoms. The smallest absolute Gasteiger partial charge is 0.315 e. The van der Waals surface area contributed by atoms with Crippen molar-refractivity contribution in [2.24, 2.45) is 11.3 Å². The molecule has 1 aromatic carbocycles. The minimum absolute atomic E-state index is 0.0355. The minimum atomic E-state index is -3.93. The number of hydrogen-bond acceptors (Lipinski definition) is 6. The summed E-state index contributed by atoms with van der Waals surface area (Å²) < 4.78 is 55.6. The number of hydrogen-bond donors (Lipinski definition) is 0. The summed E-state index contributed by atoms with van der Waals surface area (Å²) >= 11 is 0. The van der Waals surface area contributed by atoms with Crippen molar-refractivity contribution in [1.29, 1.82) is 0 Å². The summed E-state index contributed by atoms with van der Waals surface area (Å²) in [4.78, 5) is 12.0. The van der Waals surface area contributed by atoms with Crippen LogP contribution in [-0.4, -0.2) is 59.2 Å². The molecule has 0 aromatic heterocycles. The van der Waals surface area contributed by atoms with E-state index in [1.54, 1.807) is 0 Å². The van der Waals surface area contributed by atoms with E-state index >= 15 is 0 Å². The molecule has 1 aromatic rings. The lowest BCUT2D eigenvalue weighted by atomic mass is 9.81. The number of carbonyl (C=O) groups excluding carboxylic acids is 1. The number of fused-ring (bicyclic) bond motifs is 1. The van der Waals surface area contributed by atoms with E-state index in [-0.39, 0.29) is 42.9 Å². The molecule has 2 aliphatic heterocycles. The van der Waals surface area contributed by atoms with Crippen molar-refractivity contribution in [3.8, 4) is 5.75 Å². The van der Waals surface area contributed by atoms with Crippen molar-refractivity contribution in [2.75, 3.05) is 40.5 Å². The molecule has 2 fully saturated rings. The summed E-state index contributed by atoms with van der Waals surface area (Å²) in [7, 11) is -1.37. The van der Waals surface area contributed by atoms with E-state index in [0.717, 1.165) is 6.07 Å². The van der Waals surface area contributed by atoms with Gasteiger partial charge in [0.1, 0.15) is 5.41 Å². The lowest BCUT2D eigenvalue weighted by Gasteiger charge is -2.23. The molecule has 9 heteroatoms. The first-order valence-electron chi connectivity index (χ1n) is 7.35. The molecule has 0 aliphatic carbocycles.